The molecule has 0 radical (unpaired) electrons. The van der Waals surface area contributed by atoms with Gasteiger partial charge in [-0.3, -0.25) is 4.79 Å². The van der Waals surface area contributed by atoms with Gasteiger partial charge < -0.3 is 15.7 Å². The van der Waals surface area contributed by atoms with Gasteiger partial charge in [-0.25, -0.2) is 9.78 Å². The van der Waals surface area contributed by atoms with Crippen molar-refractivity contribution in [2.24, 2.45) is 0 Å². The molecule has 110 valence electrons. The van der Waals surface area contributed by atoms with Gasteiger partial charge in [0.1, 0.15) is 5.01 Å². The molecular formula is C13H19N3O3S. The summed E-state index contributed by atoms with van der Waals surface area (Å²) in [4.78, 5) is 27.2. The summed E-state index contributed by atoms with van der Waals surface area (Å²) in [6.45, 7) is 1.86. The van der Waals surface area contributed by atoms with Gasteiger partial charge in [-0.1, -0.05) is 12.8 Å². The lowest BCUT2D eigenvalue weighted by Crippen LogP contribution is -2.52. The Morgan fingerprint density at radius 3 is 2.75 bits per heavy atom. The van der Waals surface area contributed by atoms with Crippen molar-refractivity contribution in [2.45, 2.75) is 50.6 Å². The zero-order valence-corrected chi connectivity index (χ0v) is 12.2. The van der Waals surface area contributed by atoms with E-state index in [1.165, 1.54) is 11.3 Å². The Kier molecular flexibility index (Phi) is 4.59. The van der Waals surface area contributed by atoms with Crippen LogP contribution < -0.4 is 10.6 Å². The molecule has 0 aromatic carbocycles. The van der Waals surface area contributed by atoms with Crippen LogP contribution in [-0.4, -0.2) is 27.6 Å². The number of rotatable bonds is 5. The number of nitrogens with zero attached hydrogens (tertiary/aromatic N) is 1. The Balaban J connectivity index is 1.93. The molecule has 1 aliphatic rings. The predicted octanol–water partition coefficient (Wildman–Crippen LogP) is 2.29. The van der Waals surface area contributed by atoms with Crippen molar-refractivity contribution in [2.75, 3.05) is 0 Å². The van der Waals surface area contributed by atoms with Gasteiger partial charge in [-0.05, 0) is 19.8 Å². The maximum absolute atomic E-state index is 12.1. The summed E-state index contributed by atoms with van der Waals surface area (Å²) in [6.07, 6.45) is 5.02. The van der Waals surface area contributed by atoms with E-state index in [-0.39, 0.29) is 18.5 Å². The number of aromatic nitrogens is 1. The fraction of sp³-hybridized carbons (Fsp3) is 0.615. The van der Waals surface area contributed by atoms with Crippen molar-refractivity contribution in [1.82, 2.24) is 15.6 Å². The standard InChI is InChI=1S/C13H19N3O3S/c1-9(11-14-6-7-20-11)15-12(19)16-13(8-10(17)18)4-2-3-5-13/h6-7,9H,2-5,8H2,1H3,(H,17,18)(H2,15,16,19). The first kappa shape index (κ1) is 14.8. The lowest BCUT2D eigenvalue weighted by molar-refractivity contribution is -0.138. The molecule has 1 saturated carbocycles. The van der Waals surface area contributed by atoms with Crippen LogP contribution in [0, 0.1) is 0 Å². The summed E-state index contributed by atoms with van der Waals surface area (Å²) in [5, 5.41) is 17.4. The van der Waals surface area contributed by atoms with E-state index < -0.39 is 11.5 Å². The minimum atomic E-state index is -0.875. The Bertz CT molecular complexity index is 469. The minimum absolute atomic E-state index is 0.0218. The van der Waals surface area contributed by atoms with E-state index in [2.05, 4.69) is 15.6 Å². The third-order valence-electron chi connectivity index (χ3n) is 3.60. The second-order valence-electron chi connectivity index (χ2n) is 5.25. The fourth-order valence-corrected chi connectivity index (χ4v) is 3.32. The van der Waals surface area contributed by atoms with Crippen molar-refractivity contribution in [3.63, 3.8) is 0 Å². The highest BCUT2D eigenvalue weighted by molar-refractivity contribution is 7.09. The Hall–Kier alpha value is -1.63. The summed E-state index contributed by atoms with van der Waals surface area (Å²) in [5.41, 5.74) is -0.599. The van der Waals surface area contributed by atoms with Gasteiger partial charge in [0, 0.05) is 11.6 Å². The van der Waals surface area contributed by atoms with Gasteiger partial charge in [0.05, 0.1) is 18.0 Å². The molecule has 6 nitrogen and oxygen atoms in total. The van der Waals surface area contributed by atoms with E-state index >= 15 is 0 Å². The predicted molar refractivity (Wildman–Crippen MR) is 75.6 cm³/mol. The quantitative estimate of drug-likeness (QED) is 0.777. The summed E-state index contributed by atoms with van der Waals surface area (Å²) < 4.78 is 0. The topological polar surface area (TPSA) is 91.3 Å². The van der Waals surface area contributed by atoms with Crippen molar-refractivity contribution in [3.05, 3.63) is 16.6 Å². The number of carbonyl (C=O) groups is 2. The average Bonchev–Trinajstić information content (AvgIpc) is 2.98. The molecule has 1 heterocycles. The van der Waals surface area contributed by atoms with Crippen LogP contribution in [0.1, 0.15) is 50.1 Å². The van der Waals surface area contributed by atoms with Crippen LogP contribution in [0.5, 0.6) is 0 Å². The maximum Gasteiger partial charge on any atom is 0.315 e. The molecule has 0 bridgehead atoms. The second-order valence-corrected chi connectivity index (χ2v) is 6.17. The summed E-state index contributed by atoms with van der Waals surface area (Å²) in [5.74, 6) is -0.875. The minimum Gasteiger partial charge on any atom is -0.481 e. The Morgan fingerprint density at radius 2 is 2.20 bits per heavy atom. The third-order valence-corrected chi connectivity index (χ3v) is 4.56. The number of aliphatic carboxylic acids is 1. The number of nitrogens with one attached hydrogen (secondary N) is 2. The second kappa shape index (κ2) is 6.21. The van der Waals surface area contributed by atoms with Crippen molar-refractivity contribution < 1.29 is 14.7 Å². The molecule has 0 aliphatic heterocycles. The number of carboxylic acid groups (broad SMARTS) is 1. The Labute approximate surface area is 121 Å². The lowest BCUT2D eigenvalue weighted by Gasteiger charge is -2.29. The first-order chi connectivity index (χ1) is 9.51. The molecule has 0 saturated heterocycles. The van der Waals surface area contributed by atoms with E-state index in [1.54, 1.807) is 6.20 Å². The number of thiazole rings is 1. The van der Waals surface area contributed by atoms with E-state index in [9.17, 15) is 9.59 Å². The van der Waals surface area contributed by atoms with E-state index in [0.29, 0.717) is 0 Å². The zero-order valence-electron chi connectivity index (χ0n) is 11.4. The van der Waals surface area contributed by atoms with Crippen LogP contribution in [0.15, 0.2) is 11.6 Å². The summed E-state index contributed by atoms with van der Waals surface area (Å²) >= 11 is 1.48. The monoisotopic (exact) mass is 297 g/mol. The van der Waals surface area contributed by atoms with Gasteiger partial charge >= 0.3 is 12.0 Å². The van der Waals surface area contributed by atoms with Crippen LogP contribution in [0.25, 0.3) is 0 Å². The van der Waals surface area contributed by atoms with E-state index in [1.807, 2.05) is 12.3 Å². The molecule has 7 heteroatoms. The Morgan fingerprint density at radius 1 is 1.50 bits per heavy atom. The van der Waals surface area contributed by atoms with Crippen LogP contribution in [0.2, 0.25) is 0 Å². The van der Waals surface area contributed by atoms with Crippen molar-refractivity contribution >= 4 is 23.3 Å². The fourth-order valence-electron chi connectivity index (χ4n) is 2.67. The van der Waals surface area contributed by atoms with Gasteiger partial charge in [-0.15, -0.1) is 11.3 Å². The molecule has 0 spiro atoms. The van der Waals surface area contributed by atoms with Crippen LogP contribution >= 0.6 is 11.3 Å². The molecule has 1 aromatic heterocycles. The van der Waals surface area contributed by atoms with Crippen molar-refractivity contribution in [3.8, 4) is 0 Å². The molecule has 2 rings (SSSR count). The molecule has 1 unspecified atom stereocenters. The molecule has 1 atom stereocenters. The molecule has 1 aromatic rings. The third kappa shape index (κ3) is 3.69. The van der Waals surface area contributed by atoms with Gasteiger partial charge in [0.2, 0.25) is 0 Å². The molecule has 20 heavy (non-hydrogen) atoms. The van der Waals surface area contributed by atoms with E-state index in [4.69, 9.17) is 5.11 Å². The highest BCUT2D eigenvalue weighted by Crippen LogP contribution is 2.32. The number of amides is 2. The SMILES string of the molecule is CC(NC(=O)NC1(CC(=O)O)CCCC1)c1nccs1. The molecule has 1 aliphatic carbocycles. The first-order valence-corrected chi connectivity index (χ1v) is 7.59. The number of urea groups is 1. The zero-order chi connectivity index (χ0) is 14.6. The molecule has 2 amide bonds. The largest absolute Gasteiger partial charge is 0.481 e. The molecule has 3 N–H and O–H groups in total. The van der Waals surface area contributed by atoms with Gasteiger partial charge in [0.25, 0.3) is 0 Å². The maximum atomic E-state index is 12.1. The van der Waals surface area contributed by atoms with Gasteiger partial charge in [0.15, 0.2) is 0 Å². The van der Waals surface area contributed by atoms with Crippen LogP contribution in [0.3, 0.4) is 0 Å². The highest BCUT2D eigenvalue weighted by Gasteiger charge is 2.37. The number of carbonyl (C=O) groups excluding carboxylic acids is 1. The van der Waals surface area contributed by atoms with Gasteiger partial charge in [-0.2, -0.15) is 0 Å². The average molecular weight is 297 g/mol. The molecular weight excluding hydrogens is 278 g/mol. The first-order valence-electron chi connectivity index (χ1n) is 6.71. The molecule has 1 fully saturated rings. The normalized spacial score (nSPS) is 18.4. The summed E-state index contributed by atoms with van der Waals surface area (Å²) in [6, 6.07) is -0.505. The smallest absolute Gasteiger partial charge is 0.315 e. The van der Waals surface area contributed by atoms with Crippen LogP contribution in [-0.2, 0) is 4.79 Å². The van der Waals surface area contributed by atoms with Crippen LogP contribution in [0.4, 0.5) is 4.79 Å². The number of hydrogen-bond donors (Lipinski definition) is 3. The highest BCUT2D eigenvalue weighted by atomic mass is 32.1. The number of hydrogen-bond acceptors (Lipinski definition) is 4. The lowest BCUT2D eigenvalue weighted by atomic mass is 9.93. The van der Waals surface area contributed by atoms with Crippen molar-refractivity contribution in [1.29, 1.82) is 0 Å². The number of carboxylic acids is 1. The summed E-state index contributed by atoms with van der Waals surface area (Å²) in [7, 11) is 0. The van der Waals surface area contributed by atoms with E-state index in [0.717, 1.165) is 30.7 Å².